The first-order chi connectivity index (χ1) is 10.3. The Morgan fingerprint density at radius 3 is 2.62 bits per heavy atom. The van der Waals surface area contributed by atoms with Crippen LogP contribution in [0.1, 0.15) is 37.7 Å². The molecule has 1 aromatic carbocycles. The van der Waals surface area contributed by atoms with Crippen molar-refractivity contribution < 1.29 is 0 Å². The number of thiocarbonyl (C=S) groups is 1. The number of rotatable bonds is 4. The molecule has 1 heterocycles. The van der Waals surface area contributed by atoms with Gasteiger partial charge in [0.25, 0.3) is 0 Å². The number of nitrogens with zero attached hydrogens (tertiary/aromatic N) is 2. The van der Waals surface area contributed by atoms with E-state index in [0.717, 1.165) is 35.9 Å². The van der Waals surface area contributed by atoms with Crippen LogP contribution in [0.25, 0.3) is 0 Å². The Morgan fingerprint density at radius 2 is 1.86 bits per heavy atom. The minimum atomic E-state index is 0.786. The average Bonchev–Trinajstić information content (AvgIpc) is 2.56. The summed E-state index contributed by atoms with van der Waals surface area (Å²) in [5, 5.41) is 0. The SMILES string of the molecule is S=C1SCN(C2CCCCC2)CN1CCc1ccccc1. The van der Waals surface area contributed by atoms with E-state index in [2.05, 4.69) is 40.1 Å². The Kier molecular flexibility index (Phi) is 5.55. The molecule has 0 spiro atoms. The second-order valence-electron chi connectivity index (χ2n) is 6.06. The highest BCUT2D eigenvalue weighted by Gasteiger charge is 2.27. The van der Waals surface area contributed by atoms with Crippen LogP contribution in [0.3, 0.4) is 0 Å². The van der Waals surface area contributed by atoms with Gasteiger partial charge >= 0.3 is 0 Å². The van der Waals surface area contributed by atoms with Crippen LogP contribution in [0.2, 0.25) is 0 Å². The van der Waals surface area contributed by atoms with Crippen molar-refractivity contribution in [3.8, 4) is 0 Å². The van der Waals surface area contributed by atoms with Crippen molar-refractivity contribution in [3.63, 3.8) is 0 Å². The van der Waals surface area contributed by atoms with Crippen molar-refractivity contribution >= 4 is 28.3 Å². The number of hydrogen-bond acceptors (Lipinski definition) is 3. The molecule has 1 saturated carbocycles. The summed E-state index contributed by atoms with van der Waals surface area (Å²) in [7, 11) is 0. The predicted molar refractivity (Wildman–Crippen MR) is 95.5 cm³/mol. The molecular weight excluding hydrogens is 296 g/mol. The third kappa shape index (κ3) is 4.21. The van der Waals surface area contributed by atoms with Gasteiger partial charge in [0.1, 0.15) is 4.32 Å². The molecule has 0 aromatic heterocycles. The second-order valence-corrected chi connectivity index (χ2v) is 7.64. The topological polar surface area (TPSA) is 6.48 Å². The Hall–Kier alpha value is -0.580. The van der Waals surface area contributed by atoms with Gasteiger partial charge in [0.15, 0.2) is 0 Å². The van der Waals surface area contributed by atoms with Crippen LogP contribution < -0.4 is 0 Å². The van der Waals surface area contributed by atoms with Crippen molar-refractivity contribution in [2.75, 3.05) is 19.1 Å². The lowest BCUT2D eigenvalue weighted by Gasteiger charge is -2.42. The molecule has 0 N–H and O–H groups in total. The third-order valence-corrected chi connectivity index (χ3v) is 6.15. The first-order valence-corrected chi connectivity index (χ1v) is 9.42. The molecule has 0 unspecified atom stereocenters. The lowest BCUT2D eigenvalue weighted by Crippen LogP contribution is -2.50. The summed E-state index contributed by atoms with van der Waals surface area (Å²) in [6, 6.07) is 11.5. The normalized spacial score (nSPS) is 21.7. The van der Waals surface area contributed by atoms with E-state index in [4.69, 9.17) is 12.2 Å². The fraction of sp³-hybridized carbons (Fsp3) is 0.588. The summed E-state index contributed by atoms with van der Waals surface area (Å²) in [4.78, 5) is 5.04. The van der Waals surface area contributed by atoms with Gasteiger partial charge in [-0.3, -0.25) is 4.90 Å². The maximum atomic E-state index is 5.56. The van der Waals surface area contributed by atoms with Crippen molar-refractivity contribution in [2.24, 2.45) is 0 Å². The van der Waals surface area contributed by atoms with E-state index in [0.29, 0.717) is 0 Å². The average molecular weight is 321 g/mol. The molecule has 114 valence electrons. The van der Waals surface area contributed by atoms with Crippen molar-refractivity contribution in [1.29, 1.82) is 0 Å². The highest BCUT2D eigenvalue weighted by atomic mass is 32.2. The monoisotopic (exact) mass is 320 g/mol. The highest BCUT2D eigenvalue weighted by Crippen LogP contribution is 2.28. The van der Waals surface area contributed by atoms with Gasteiger partial charge in [0.2, 0.25) is 0 Å². The summed E-state index contributed by atoms with van der Waals surface area (Å²) in [6.45, 7) is 2.07. The molecule has 1 saturated heterocycles. The van der Waals surface area contributed by atoms with Crippen LogP contribution in [0.15, 0.2) is 30.3 Å². The molecule has 4 heteroatoms. The molecule has 21 heavy (non-hydrogen) atoms. The third-order valence-electron chi connectivity index (χ3n) is 4.57. The summed E-state index contributed by atoms with van der Waals surface area (Å²) >= 11 is 7.41. The van der Waals surface area contributed by atoms with Gasteiger partial charge in [0.05, 0.1) is 12.5 Å². The summed E-state index contributed by atoms with van der Waals surface area (Å²) in [5.74, 6) is 1.09. The van der Waals surface area contributed by atoms with Crippen LogP contribution in [0.4, 0.5) is 0 Å². The Morgan fingerprint density at radius 1 is 1.10 bits per heavy atom. The molecule has 0 radical (unpaired) electrons. The first-order valence-electron chi connectivity index (χ1n) is 8.02. The van der Waals surface area contributed by atoms with Gasteiger partial charge in [-0.25, -0.2) is 0 Å². The molecule has 2 aliphatic rings. The van der Waals surface area contributed by atoms with Crippen LogP contribution in [-0.4, -0.2) is 39.3 Å². The number of hydrogen-bond donors (Lipinski definition) is 0. The van der Waals surface area contributed by atoms with Crippen molar-refractivity contribution in [1.82, 2.24) is 9.80 Å². The molecule has 1 aliphatic carbocycles. The lowest BCUT2D eigenvalue weighted by molar-refractivity contribution is 0.128. The number of benzene rings is 1. The molecule has 0 atom stereocenters. The molecule has 0 amide bonds. The highest BCUT2D eigenvalue weighted by molar-refractivity contribution is 8.22. The molecule has 1 aliphatic heterocycles. The summed E-state index contributed by atoms with van der Waals surface area (Å²) in [5.41, 5.74) is 1.40. The zero-order valence-electron chi connectivity index (χ0n) is 12.5. The zero-order chi connectivity index (χ0) is 14.5. The minimum Gasteiger partial charge on any atom is -0.344 e. The Bertz CT molecular complexity index is 457. The molecular formula is C17H24N2S2. The number of thioether (sulfide) groups is 1. The fourth-order valence-corrected chi connectivity index (χ4v) is 4.49. The van der Waals surface area contributed by atoms with Crippen molar-refractivity contribution in [2.45, 2.75) is 44.6 Å². The van der Waals surface area contributed by atoms with Gasteiger partial charge in [-0.15, -0.1) is 0 Å². The van der Waals surface area contributed by atoms with Gasteiger partial charge in [-0.2, -0.15) is 0 Å². The quantitative estimate of drug-likeness (QED) is 0.770. The van der Waals surface area contributed by atoms with Gasteiger partial charge in [-0.1, -0.05) is 73.6 Å². The van der Waals surface area contributed by atoms with Gasteiger partial charge < -0.3 is 4.90 Å². The summed E-state index contributed by atoms with van der Waals surface area (Å²) < 4.78 is 1.08. The zero-order valence-corrected chi connectivity index (χ0v) is 14.2. The van der Waals surface area contributed by atoms with Crippen LogP contribution in [0, 0.1) is 0 Å². The van der Waals surface area contributed by atoms with E-state index in [1.165, 1.54) is 37.7 Å². The standard InChI is InChI=1S/C17H24N2S2/c20-17-18(12-11-15-7-3-1-4-8-15)13-19(14-21-17)16-9-5-2-6-10-16/h1,3-4,7-8,16H,2,5-6,9-14H2. The van der Waals surface area contributed by atoms with E-state index < -0.39 is 0 Å². The van der Waals surface area contributed by atoms with Crippen LogP contribution in [0.5, 0.6) is 0 Å². The summed E-state index contributed by atoms with van der Waals surface area (Å²) in [6.07, 6.45) is 8.06. The minimum absolute atomic E-state index is 0.786. The van der Waals surface area contributed by atoms with E-state index in [1.54, 1.807) is 0 Å². The van der Waals surface area contributed by atoms with Gasteiger partial charge in [0, 0.05) is 12.6 Å². The molecule has 2 nitrogen and oxygen atoms in total. The van der Waals surface area contributed by atoms with E-state index in [1.807, 2.05) is 11.8 Å². The maximum Gasteiger partial charge on any atom is 0.138 e. The maximum absolute atomic E-state index is 5.56. The first kappa shape index (κ1) is 15.3. The Labute approximate surface area is 137 Å². The Balaban J connectivity index is 1.54. The molecule has 0 bridgehead atoms. The smallest absolute Gasteiger partial charge is 0.138 e. The molecule has 1 aromatic rings. The van der Waals surface area contributed by atoms with Crippen LogP contribution in [-0.2, 0) is 6.42 Å². The molecule has 3 rings (SSSR count). The van der Waals surface area contributed by atoms with Gasteiger partial charge in [-0.05, 0) is 24.8 Å². The van der Waals surface area contributed by atoms with E-state index in [-0.39, 0.29) is 0 Å². The fourth-order valence-electron chi connectivity index (χ4n) is 3.29. The van der Waals surface area contributed by atoms with E-state index in [9.17, 15) is 0 Å². The largest absolute Gasteiger partial charge is 0.344 e. The predicted octanol–water partition coefficient (Wildman–Crippen LogP) is 4.11. The second kappa shape index (κ2) is 7.61. The molecule has 2 fully saturated rings. The van der Waals surface area contributed by atoms with Crippen LogP contribution >= 0.6 is 24.0 Å². The van der Waals surface area contributed by atoms with E-state index >= 15 is 0 Å². The lowest BCUT2D eigenvalue weighted by atomic mass is 9.95. The van der Waals surface area contributed by atoms with Crippen molar-refractivity contribution in [3.05, 3.63) is 35.9 Å².